The van der Waals surface area contributed by atoms with Crippen molar-refractivity contribution in [1.29, 1.82) is 0 Å². The average Bonchev–Trinajstić information content (AvgIpc) is 2.58. The van der Waals surface area contributed by atoms with Crippen LogP contribution >= 0.6 is 0 Å². The van der Waals surface area contributed by atoms with Crippen molar-refractivity contribution in [3.8, 4) is 0 Å². The molecule has 6 heteroatoms. The first-order valence-corrected chi connectivity index (χ1v) is 4.36. The van der Waals surface area contributed by atoms with Crippen LogP contribution in [0.1, 0.15) is 12.8 Å². The summed E-state index contributed by atoms with van der Waals surface area (Å²) in [5, 5.41) is 8.69. The van der Waals surface area contributed by atoms with Crippen LogP contribution in [-0.4, -0.2) is 29.5 Å². The molecule has 2 bridgehead atoms. The van der Waals surface area contributed by atoms with Crippen LogP contribution in [0, 0.1) is 11.8 Å². The zero-order valence-electron chi connectivity index (χ0n) is 7.12. The van der Waals surface area contributed by atoms with Crippen molar-refractivity contribution >= 4 is 5.97 Å². The normalized spacial score (nSPS) is 41.6. The van der Waals surface area contributed by atoms with Crippen molar-refractivity contribution in [2.75, 3.05) is 0 Å². The van der Waals surface area contributed by atoms with Gasteiger partial charge < -0.3 is 9.84 Å². The summed E-state index contributed by atoms with van der Waals surface area (Å²) in [6.45, 7) is 0. The Morgan fingerprint density at radius 3 is 2.29 bits per heavy atom. The van der Waals surface area contributed by atoms with Crippen molar-refractivity contribution < 1.29 is 27.8 Å². The number of carbonyl (C=O) groups is 1. The second-order valence-corrected chi connectivity index (χ2v) is 3.72. The maximum atomic E-state index is 12.5. The lowest BCUT2D eigenvalue weighted by Crippen LogP contribution is -2.42. The Balaban J connectivity index is 2.26. The van der Waals surface area contributed by atoms with E-state index in [-0.39, 0.29) is 0 Å². The highest BCUT2D eigenvalue weighted by Crippen LogP contribution is 2.50. The molecule has 0 radical (unpaired) electrons. The number of rotatable bonds is 1. The molecule has 2 saturated heterocycles. The van der Waals surface area contributed by atoms with Crippen molar-refractivity contribution in [3.63, 3.8) is 0 Å². The van der Waals surface area contributed by atoms with Crippen molar-refractivity contribution in [2.24, 2.45) is 11.8 Å². The van der Waals surface area contributed by atoms with Gasteiger partial charge in [-0.15, -0.1) is 0 Å². The smallest absolute Gasteiger partial charge is 0.395 e. The highest BCUT2D eigenvalue weighted by atomic mass is 19.4. The molecule has 0 aromatic heterocycles. The molecular formula is C8H9F3O3. The van der Waals surface area contributed by atoms with Gasteiger partial charge in [0.15, 0.2) is 0 Å². The van der Waals surface area contributed by atoms with Gasteiger partial charge >= 0.3 is 12.1 Å². The number of hydrogen-bond donors (Lipinski definition) is 1. The molecule has 3 nitrogen and oxygen atoms in total. The fraction of sp³-hybridized carbons (Fsp3) is 0.875. The Labute approximate surface area is 77.8 Å². The summed E-state index contributed by atoms with van der Waals surface area (Å²) in [5.41, 5.74) is 0. The van der Waals surface area contributed by atoms with Crippen LogP contribution in [0.2, 0.25) is 0 Å². The van der Waals surface area contributed by atoms with E-state index >= 15 is 0 Å². The Morgan fingerprint density at radius 1 is 1.29 bits per heavy atom. The summed E-state index contributed by atoms with van der Waals surface area (Å²) in [6, 6.07) is 0. The maximum absolute atomic E-state index is 12.5. The summed E-state index contributed by atoms with van der Waals surface area (Å²) in [7, 11) is 0. The number of ether oxygens (including phenoxy) is 1. The summed E-state index contributed by atoms with van der Waals surface area (Å²) < 4.78 is 42.4. The molecule has 4 unspecified atom stereocenters. The van der Waals surface area contributed by atoms with Crippen LogP contribution in [0.25, 0.3) is 0 Å². The van der Waals surface area contributed by atoms with E-state index < -0.39 is 36.2 Å². The van der Waals surface area contributed by atoms with Gasteiger partial charge in [0, 0.05) is 0 Å². The molecular weight excluding hydrogens is 201 g/mol. The highest BCUT2D eigenvalue weighted by Gasteiger charge is 2.62. The molecule has 0 aromatic rings. The van der Waals surface area contributed by atoms with E-state index in [1.54, 1.807) is 0 Å². The number of carboxylic acids is 1. The predicted molar refractivity (Wildman–Crippen MR) is 38.6 cm³/mol. The summed E-state index contributed by atoms with van der Waals surface area (Å²) in [4.78, 5) is 10.7. The SMILES string of the molecule is O=C(O)C1C2CCC(O2)C1C(F)(F)F. The lowest BCUT2D eigenvalue weighted by molar-refractivity contribution is -0.201. The summed E-state index contributed by atoms with van der Waals surface area (Å²) in [5.74, 6) is -4.63. The predicted octanol–water partition coefficient (Wildman–Crippen LogP) is 1.43. The third-order valence-corrected chi connectivity index (χ3v) is 2.94. The Hall–Kier alpha value is -0.780. The minimum Gasteiger partial charge on any atom is -0.481 e. The Bertz CT molecular complexity index is 263. The van der Waals surface area contributed by atoms with Gasteiger partial charge in [0.05, 0.1) is 24.0 Å². The lowest BCUT2D eigenvalue weighted by Gasteiger charge is -2.26. The first-order chi connectivity index (χ1) is 6.41. The fourth-order valence-electron chi connectivity index (χ4n) is 2.41. The molecule has 0 spiro atoms. The van der Waals surface area contributed by atoms with Gasteiger partial charge in [-0.1, -0.05) is 0 Å². The van der Waals surface area contributed by atoms with Crippen LogP contribution in [0.15, 0.2) is 0 Å². The topological polar surface area (TPSA) is 46.5 Å². The standard InChI is InChI=1S/C8H9F3O3/c9-8(10,11)6-4-2-1-3(14-4)5(6)7(12)13/h3-6H,1-2H2,(H,12,13). The highest BCUT2D eigenvalue weighted by molar-refractivity contribution is 5.72. The van der Waals surface area contributed by atoms with Gasteiger partial charge in [0.2, 0.25) is 0 Å². The van der Waals surface area contributed by atoms with Gasteiger partial charge in [-0.3, -0.25) is 4.79 Å². The van der Waals surface area contributed by atoms with Gasteiger partial charge in [-0.25, -0.2) is 0 Å². The maximum Gasteiger partial charge on any atom is 0.395 e. The molecule has 0 saturated carbocycles. The number of hydrogen-bond acceptors (Lipinski definition) is 2. The molecule has 2 rings (SSSR count). The van der Waals surface area contributed by atoms with E-state index in [0.29, 0.717) is 12.8 Å². The summed E-state index contributed by atoms with van der Waals surface area (Å²) >= 11 is 0. The molecule has 4 atom stereocenters. The van der Waals surface area contributed by atoms with E-state index in [1.807, 2.05) is 0 Å². The zero-order valence-corrected chi connectivity index (χ0v) is 7.12. The minimum absolute atomic E-state index is 0.318. The second kappa shape index (κ2) is 2.85. The third-order valence-electron chi connectivity index (χ3n) is 2.94. The fourth-order valence-corrected chi connectivity index (χ4v) is 2.41. The Morgan fingerprint density at radius 2 is 1.86 bits per heavy atom. The zero-order chi connectivity index (χ0) is 10.5. The molecule has 2 aliphatic rings. The first kappa shape index (κ1) is 9.76. The van der Waals surface area contributed by atoms with E-state index in [2.05, 4.69) is 0 Å². The van der Waals surface area contributed by atoms with Crippen LogP contribution in [0.3, 0.4) is 0 Å². The quantitative estimate of drug-likeness (QED) is 0.712. The van der Waals surface area contributed by atoms with Gasteiger partial charge in [-0.2, -0.15) is 13.2 Å². The molecule has 0 amide bonds. The van der Waals surface area contributed by atoms with Crippen molar-refractivity contribution in [1.82, 2.24) is 0 Å². The average molecular weight is 210 g/mol. The molecule has 2 heterocycles. The van der Waals surface area contributed by atoms with Gasteiger partial charge in [-0.05, 0) is 12.8 Å². The van der Waals surface area contributed by atoms with Crippen LogP contribution in [0.4, 0.5) is 13.2 Å². The molecule has 2 fully saturated rings. The van der Waals surface area contributed by atoms with E-state index in [0.717, 1.165) is 0 Å². The van der Waals surface area contributed by atoms with Crippen molar-refractivity contribution in [2.45, 2.75) is 31.2 Å². The van der Waals surface area contributed by atoms with Crippen molar-refractivity contribution in [3.05, 3.63) is 0 Å². The Kier molecular flexibility index (Phi) is 1.99. The molecule has 80 valence electrons. The minimum atomic E-state index is -4.47. The third kappa shape index (κ3) is 1.28. The largest absolute Gasteiger partial charge is 0.481 e. The van der Waals surface area contributed by atoms with Crippen LogP contribution in [0.5, 0.6) is 0 Å². The molecule has 0 aliphatic carbocycles. The number of fused-ring (bicyclic) bond motifs is 2. The number of carboxylic acid groups (broad SMARTS) is 1. The molecule has 1 N–H and O–H groups in total. The van der Waals surface area contributed by atoms with E-state index in [9.17, 15) is 18.0 Å². The number of alkyl halides is 3. The van der Waals surface area contributed by atoms with Crippen LogP contribution in [-0.2, 0) is 9.53 Å². The molecule has 14 heavy (non-hydrogen) atoms. The molecule has 2 aliphatic heterocycles. The van der Waals surface area contributed by atoms with E-state index in [1.165, 1.54) is 0 Å². The monoisotopic (exact) mass is 210 g/mol. The van der Waals surface area contributed by atoms with Crippen LogP contribution < -0.4 is 0 Å². The lowest BCUT2D eigenvalue weighted by atomic mass is 9.79. The summed E-state index contributed by atoms with van der Waals surface area (Å²) in [6.07, 6.45) is -5.42. The first-order valence-electron chi connectivity index (χ1n) is 4.36. The van der Waals surface area contributed by atoms with Gasteiger partial charge in [0.25, 0.3) is 0 Å². The number of aliphatic carboxylic acids is 1. The molecule has 0 aromatic carbocycles. The van der Waals surface area contributed by atoms with Gasteiger partial charge in [0.1, 0.15) is 0 Å². The number of halogens is 3. The second-order valence-electron chi connectivity index (χ2n) is 3.72. The van der Waals surface area contributed by atoms with E-state index in [4.69, 9.17) is 9.84 Å².